The van der Waals surface area contributed by atoms with E-state index in [2.05, 4.69) is 5.32 Å². The summed E-state index contributed by atoms with van der Waals surface area (Å²) in [5, 5.41) is 20.5. The SMILES string of the molecule is CC(=O)c1ccc(NC(=O)O[C@@H](c2ccc(O)c(F)c2)[C@H](C)/C=C/C(=O)NO)cc1. The summed E-state index contributed by atoms with van der Waals surface area (Å²) in [6.07, 6.45) is 0.543. The second-order valence-electron chi connectivity index (χ2n) is 6.49. The standard InChI is InChI=1S/C21H21FN2O6/c1-12(3-10-19(27)24-29)20(15-6-9-18(26)17(22)11-15)30-21(28)23-16-7-4-14(5-8-16)13(2)25/h3-12,20,26,29H,1-2H3,(H,23,28)(H,24,27)/b10-3+/t12-,20-/m1/s1. The Labute approximate surface area is 171 Å². The molecule has 2 rings (SSSR count). The number of nitrogens with one attached hydrogen (secondary N) is 2. The molecule has 30 heavy (non-hydrogen) atoms. The third-order valence-corrected chi connectivity index (χ3v) is 4.21. The summed E-state index contributed by atoms with van der Waals surface area (Å²) in [7, 11) is 0. The molecule has 2 aromatic carbocycles. The number of ketones is 1. The van der Waals surface area contributed by atoms with Crippen LogP contribution in [0.1, 0.15) is 35.9 Å². The van der Waals surface area contributed by atoms with Crippen molar-refractivity contribution in [1.82, 2.24) is 5.48 Å². The van der Waals surface area contributed by atoms with Crippen molar-refractivity contribution in [2.45, 2.75) is 20.0 Å². The first kappa shape index (κ1) is 22.6. The summed E-state index contributed by atoms with van der Waals surface area (Å²) in [6, 6.07) is 9.67. The normalized spacial score (nSPS) is 12.8. The molecule has 0 spiro atoms. The van der Waals surface area contributed by atoms with Gasteiger partial charge in [0.2, 0.25) is 0 Å². The molecule has 0 fully saturated rings. The molecule has 0 bridgehead atoms. The number of phenolic OH excluding ortho intramolecular Hbond substituents is 1. The maximum absolute atomic E-state index is 13.8. The molecule has 0 heterocycles. The Morgan fingerprint density at radius 1 is 1.13 bits per heavy atom. The highest BCUT2D eigenvalue weighted by Crippen LogP contribution is 2.30. The summed E-state index contributed by atoms with van der Waals surface area (Å²) in [5.74, 6) is -2.96. The van der Waals surface area contributed by atoms with Gasteiger partial charge in [0.25, 0.3) is 5.91 Å². The molecule has 9 heteroatoms. The van der Waals surface area contributed by atoms with Gasteiger partial charge in [-0.3, -0.25) is 20.1 Å². The summed E-state index contributed by atoms with van der Waals surface area (Å²) in [6.45, 7) is 3.04. The largest absolute Gasteiger partial charge is 0.505 e. The van der Waals surface area contributed by atoms with Crippen molar-refractivity contribution in [3.63, 3.8) is 0 Å². The molecule has 2 atom stereocenters. The van der Waals surface area contributed by atoms with Crippen molar-refractivity contribution in [2.24, 2.45) is 5.92 Å². The van der Waals surface area contributed by atoms with E-state index in [-0.39, 0.29) is 11.3 Å². The number of amides is 2. The third-order valence-electron chi connectivity index (χ3n) is 4.21. The molecular weight excluding hydrogens is 395 g/mol. The Morgan fingerprint density at radius 2 is 1.80 bits per heavy atom. The van der Waals surface area contributed by atoms with Gasteiger partial charge in [0, 0.05) is 23.2 Å². The number of phenols is 1. The quantitative estimate of drug-likeness (QED) is 0.236. The maximum Gasteiger partial charge on any atom is 0.412 e. The fourth-order valence-electron chi connectivity index (χ4n) is 2.61. The molecule has 0 aliphatic rings. The van der Waals surface area contributed by atoms with Crippen LogP contribution < -0.4 is 10.8 Å². The summed E-state index contributed by atoms with van der Waals surface area (Å²) in [4.78, 5) is 34.9. The van der Waals surface area contributed by atoms with Gasteiger partial charge in [-0.1, -0.05) is 19.1 Å². The van der Waals surface area contributed by atoms with Gasteiger partial charge in [0.15, 0.2) is 17.3 Å². The summed E-state index contributed by atoms with van der Waals surface area (Å²) in [5.41, 5.74) is 2.54. The Morgan fingerprint density at radius 3 is 2.37 bits per heavy atom. The van der Waals surface area contributed by atoms with Crippen LogP contribution in [0, 0.1) is 11.7 Å². The number of anilines is 1. The minimum atomic E-state index is -1.01. The first-order valence-electron chi connectivity index (χ1n) is 8.90. The van der Waals surface area contributed by atoms with Gasteiger partial charge in [-0.15, -0.1) is 0 Å². The van der Waals surface area contributed by atoms with Crippen LogP contribution in [-0.2, 0) is 9.53 Å². The Balaban J connectivity index is 2.21. The van der Waals surface area contributed by atoms with E-state index in [1.165, 1.54) is 36.7 Å². The van der Waals surface area contributed by atoms with Gasteiger partial charge in [-0.25, -0.2) is 14.7 Å². The second-order valence-corrected chi connectivity index (χ2v) is 6.49. The highest BCUT2D eigenvalue weighted by molar-refractivity contribution is 5.95. The van der Waals surface area contributed by atoms with E-state index >= 15 is 0 Å². The predicted octanol–water partition coefficient (Wildman–Crippen LogP) is 3.72. The fourth-order valence-corrected chi connectivity index (χ4v) is 2.61. The molecule has 2 aromatic rings. The van der Waals surface area contributed by atoms with Gasteiger partial charge < -0.3 is 9.84 Å². The molecular formula is C21H21FN2O6. The molecule has 0 unspecified atom stereocenters. The van der Waals surface area contributed by atoms with Crippen molar-refractivity contribution in [2.75, 3.05) is 5.32 Å². The number of halogens is 1. The van der Waals surface area contributed by atoms with Gasteiger partial charge >= 0.3 is 6.09 Å². The number of carbonyl (C=O) groups excluding carboxylic acids is 3. The Bertz CT molecular complexity index is 958. The molecule has 0 radical (unpaired) electrons. The molecule has 0 saturated heterocycles. The number of ether oxygens (including phenoxy) is 1. The van der Waals surface area contributed by atoms with E-state index in [1.807, 2.05) is 0 Å². The van der Waals surface area contributed by atoms with E-state index in [4.69, 9.17) is 9.94 Å². The second kappa shape index (κ2) is 10.2. The number of hydroxylamine groups is 1. The van der Waals surface area contributed by atoms with E-state index in [1.54, 1.807) is 19.1 Å². The number of Topliss-reactive ketones (excluding diaryl/α,β-unsaturated/α-hetero) is 1. The first-order valence-corrected chi connectivity index (χ1v) is 8.90. The monoisotopic (exact) mass is 416 g/mol. The number of benzene rings is 2. The molecule has 0 aliphatic heterocycles. The van der Waals surface area contributed by atoms with Gasteiger partial charge in [0.1, 0.15) is 6.10 Å². The van der Waals surface area contributed by atoms with Crippen molar-refractivity contribution < 1.29 is 33.8 Å². The number of aromatic hydroxyl groups is 1. The molecule has 8 nitrogen and oxygen atoms in total. The van der Waals surface area contributed by atoms with Crippen LogP contribution in [0.2, 0.25) is 0 Å². The molecule has 2 amide bonds. The zero-order chi connectivity index (χ0) is 22.3. The van der Waals surface area contributed by atoms with Crippen LogP contribution in [-0.4, -0.2) is 28.1 Å². The maximum atomic E-state index is 13.8. The van der Waals surface area contributed by atoms with E-state index in [0.717, 1.165) is 18.2 Å². The number of hydrogen-bond donors (Lipinski definition) is 4. The predicted molar refractivity (Wildman–Crippen MR) is 106 cm³/mol. The Hall–Kier alpha value is -3.72. The van der Waals surface area contributed by atoms with Crippen LogP contribution in [0.5, 0.6) is 5.75 Å². The average molecular weight is 416 g/mol. The van der Waals surface area contributed by atoms with Crippen molar-refractivity contribution in [1.29, 1.82) is 0 Å². The fraction of sp³-hybridized carbons (Fsp3) is 0.190. The van der Waals surface area contributed by atoms with Crippen LogP contribution in [0.15, 0.2) is 54.6 Å². The minimum absolute atomic E-state index is 0.119. The van der Waals surface area contributed by atoms with E-state index < -0.39 is 35.6 Å². The summed E-state index contributed by atoms with van der Waals surface area (Å²) < 4.78 is 19.2. The molecule has 0 saturated carbocycles. The topological polar surface area (TPSA) is 125 Å². The molecule has 4 N–H and O–H groups in total. The zero-order valence-corrected chi connectivity index (χ0v) is 16.3. The lowest BCUT2D eigenvalue weighted by Crippen LogP contribution is -2.22. The lowest BCUT2D eigenvalue weighted by molar-refractivity contribution is -0.124. The van der Waals surface area contributed by atoms with Crippen LogP contribution in [0.25, 0.3) is 0 Å². The molecule has 158 valence electrons. The molecule has 0 aromatic heterocycles. The Kier molecular flexibility index (Phi) is 7.65. The minimum Gasteiger partial charge on any atom is -0.505 e. The highest BCUT2D eigenvalue weighted by atomic mass is 19.1. The van der Waals surface area contributed by atoms with E-state index in [0.29, 0.717) is 11.3 Å². The van der Waals surface area contributed by atoms with E-state index in [9.17, 15) is 23.9 Å². The van der Waals surface area contributed by atoms with Crippen LogP contribution in [0.4, 0.5) is 14.9 Å². The van der Waals surface area contributed by atoms with Crippen LogP contribution in [0.3, 0.4) is 0 Å². The highest BCUT2D eigenvalue weighted by Gasteiger charge is 2.23. The van der Waals surface area contributed by atoms with Crippen molar-refractivity contribution in [3.8, 4) is 5.75 Å². The average Bonchev–Trinajstić information content (AvgIpc) is 2.72. The number of rotatable bonds is 7. The van der Waals surface area contributed by atoms with Crippen molar-refractivity contribution >= 4 is 23.5 Å². The van der Waals surface area contributed by atoms with Crippen molar-refractivity contribution in [3.05, 3.63) is 71.6 Å². The van der Waals surface area contributed by atoms with Gasteiger partial charge in [-0.05, 0) is 48.9 Å². The number of hydrogen-bond acceptors (Lipinski definition) is 6. The lowest BCUT2D eigenvalue weighted by atomic mass is 9.96. The van der Waals surface area contributed by atoms with Crippen LogP contribution >= 0.6 is 0 Å². The first-order chi connectivity index (χ1) is 14.2. The van der Waals surface area contributed by atoms with Gasteiger partial charge in [0.05, 0.1) is 0 Å². The molecule has 0 aliphatic carbocycles. The third kappa shape index (κ3) is 6.14. The zero-order valence-electron chi connectivity index (χ0n) is 16.3. The smallest absolute Gasteiger partial charge is 0.412 e. The number of carbonyl (C=O) groups is 3. The lowest BCUT2D eigenvalue weighted by Gasteiger charge is -2.23. The summed E-state index contributed by atoms with van der Waals surface area (Å²) >= 11 is 0. The van der Waals surface area contributed by atoms with Gasteiger partial charge in [-0.2, -0.15) is 0 Å².